The molecular formula is C18H20N6O. The minimum Gasteiger partial charge on any atom is -0.372 e. The summed E-state index contributed by atoms with van der Waals surface area (Å²) in [5.74, 6) is 2.22. The van der Waals surface area contributed by atoms with Gasteiger partial charge in [0.2, 0.25) is 5.95 Å². The second-order valence-corrected chi connectivity index (χ2v) is 7.63. The van der Waals surface area contributed by atoms with Gasteiger partial charge in [0.15, 0.2) is 0 Å². The molecule has 2 atom stereocenters. The first-order valence-electron chi connectivity index (χ1n) is 8.99. The maximum absolute atomic E-state index is 5.63. The molecule has 2 aromatic heterocycles. The number of nitrogen functional groups attached to an aromatic ring is 1. The van der Waals surface area contributed by atoms with Gasteiger partial charge in [0, 0.05) is 48.8 Å². The van der Waals surface area contributed by atoms with E-state index in [4.69, 9.17) is 15.5 Å². The van der Waals surface area contributed by atoms with E-state index < -0.39 is 0 Å². The molecule has 4 aliphatic heterocycles. The van der Waals surface area contributed by atoms with Gasteiger partial charge in [-0.2, -0.15) is 0 Å². The topological polar surface area (TPSA) is 80.4 Å². The normalized spacial score (nSPS) is 31.8. The van der Waals surface area contributed by atoms with Gasteiger partial charge in [-0.3, -0.25) is 0 Å². The number of hydrogen-bond donors (Lipinski definition) is 1. The third-order valence-electron chi connectivity index (χ3n) is 6.18. The number of rotatable bonds is 3. The summed E-state index contributed by atoms with van der Waals surface area (Å²) in [6.07, 6.45) is 6.56. The zero-order chi connectivity index (χ0) is 16.5. The molecule has 6 heterocycles. The Morgan fingerprint density at radius 1 is 1.08 bits per heavy atom. The molecule has 1 saturated carbocycles. The quantitative estimate of drug-likeness (QED) is 0.905. The minimum atomic E-state index is 0.290. The predicted octanol–water partition coefficient (Wildman–Crippen LogP) is 1.31. The van der Waals surface area contributed by atoms with Crippen LogP contribution in [0.4, 0.5) is 17.5 Å². The molecule has 5 fully saturated rings. The van der Waals surface area contributed by atoms with Crippen LogP contribution in [0.5, 0.6) is 0 Å². The lowest BCUT2D eigenvalue weighted by atomic mass is 9.86. The highest BCUT2D eigenvalue weighted by atomic mass is 16.5. The first-order valence-corrected chi connectivity index (χ1v) is 8.99. The maximum atomic E-state index is 5.63. The van der Waals surface area contributed by atoms with Gasteiger partial charge in [0.1, 0.15) is 5.82 Å². The van der Waals surface area contributed by atoms with Crippen LogP contribution in [-0.2, 0) is 4.74 Å². The van der Waals surface area contributed by atoms with Gasteiger partial charge < -0.3 is 20.3 Å². The van der Waals surface area contributed by atoms with E-state index >= 15 is 0 Å². The Bertz CT molecular complexity index is 834. The average Bonchev–Trinajstić information content (AvgIpc) is 3.18. The van der Waals surface area contributed by atoms with Crippen LogP contribution < -0.4 is 15.5 Å². The van der Waals surface area contributed by atoms with Crippen molar-refractivity contribution in [1.29, 1.82) is 0 Å². The highest BCUT2D eigenvalue weighted by Crippen LogP contribution is 2.44. The molecule has 0 amide bonds. The average molecular weight is 336 g/mol. The molecule has 4 saturated heterocycles. The molecule has 5 aliphatic rings. The monoisotopic (exact) mass is 336 g/mol. The summed E-state index contributed by atoms with van der Waals surface area (Å²) in [5.41, 5.74) is 8.69. The molecular weight excluding hydrogens is 316 g/mol. The molecule has 7 nitrogen and oxygen atoms in total. The molecule has 1 unspecified atom stereocenters. The summed E-state index contributed by atoms with van der Waals surface area (Å²) < 4.78 is 5.56. The fraction of sp³-hybridized carbons (Fsp3) is 0.500. The van der Waals surface area contributed by atoms with Crippen LogP contribution in [0.15, 0.2) is 24.5 Å². The van der Waals surface area contributed by atoms with Crippen LogP contribution >= 0.6 is 0 Å². The molecule has 0 aromatic carbocycles. The standard InChI is InChI=1S/C18H20N6O/c19-18-20-5-11(6-21-18)14-3-13(23-8-16-15(23)9-25-16)4-17(22-14)24-7-10-1-12(24)2-10/h3-6,10,12,15-16H,1-2,7-9H2,(H2,19,20,21)/t10?,12?,15-,16?/m1/s1. The van der Waals surface area contributed by atoms with Crippen molar-refractivity contribution in [2.75, 3.05) is 35.2 Å². The van der Waals surface area contributed by atoms with E-state index in [0.29, 0.717) is 18.2 Å². The summed E-state index contributed by atoms with van der Waals surface area (Å²) in [7, 11) is 0. The van der Waals surface area contributed by atoms with Gasteiger partial charge in [-0.25, -0.2) is 15.0 Å². The highest BCUT2D eigenvalue weighted by molar-refractivity contribution is 5.70. The van der Waals surface area contributed by atoms with Crippen LogP contribution in [0.3, 0.4) is 0 Å². The van der Waals surface area contributed by atoms with Crippen molar-refractivity contribution >= 4 is 17.5 Å². The summed E-state index contributed by atoms with van der Waals surface area (Å²) in [6.45, 7) is 2.93. The molecule has 25 heavy (non-hydrogen) atoms. The number of pyridine rings is 1. The van der Waals surface area contributed by atoms with E-state index in [1.807, 2.05) is 0 Å². The van der Waals surface area contributed by atoms with E-state index in [1.165, 1.54) is 18.5 Å². The van der Waals surface area contributed by atoms with Crippen LogP contribution in [-0.4, -0.2) is 52.8 Å². The third-order valence-corrected chi connectivity index (χ3v) is 6.18. The van der Waals surface area contributed by atoms with Gasteiger partial charge in [0.05, 0.1) is 24.4 Å². The lowest BCUT2D eigenvalue weighted by molar-refractivity contribution is -0.113. The predicted molar refractivity (Wildman–Crippen MR) is 94.4 cm³/mol. The van der Waals surface area contributed by atoms with Gasteiger partial charge in [-0.1, -0.05) is 0 Å². The minimum absolute atomic E-state index is 0.290. The Labute approximate surface area is 145 Å². The van der Waals surface area contributed by atoms with Crippen molar-refractivity contribution in [3.63, 3.8) is 0 Å². The first-order chi connectivity index (χ1) is 12.2. The summed E-state index contributed by atoms with van der Waals surface area (Å²) in [5, 5.41) is 0. The molecule has 7 heteroatoms. The number of nitrogens with two attached hydrogens (primary N) is 1. The second kappa shape index (κ2) is 4.82. The Morgan fingerprint density at radius 3 is 2.52 bits per heavy atom. The molecule has 128 valence electrons. The van der Waals surface area contributed by atoms with Crippen LogP contribution in [0.2, 0.25) is 0 Å². The second-order valence-electron chi connectivity index (χ2n) is 7.63. The molecule has 0 radical (unpaired) electrons. The largest absolute Gasteiger partial charge is 0.372 e. The fourth-order valence-corrected chi connectivity index (χ4v) is 4.52. The Morgan fingerprint density at radius 2 is 1.92 bits per heavy atom. The van der Waals surface area contributed by atoms with E-state index in [1.54, 1.807) is 12.4 Å². The molecule has 0 spiro atoms. The first kappa shape index (κ1) is 13.8. The Kier molecular flexibility index (Phi) is 2.67. The SMILES string of the molecule is Nc1ncc(-c2cc(N3CC4OC[C@H]43)cc(N3CC4CC3C4)n2)cn1. The highest BCUT2D eigenvalue weighted by Gasteiger charge is 2.48. The van der Waals surface area contributed by atoms with E-state index in [0.717, 1.165) is 42.7 Å². The fourth-order valence-electron chi connectivity index (χ4n) is 4.52. The number of hydrogen-bond acceptors (Lipinski definition) is 7. The molecule has 1 aliphatic carbocycles. The number of aromatic nitrogens is 3. The molecule has 2 N–H and O–H groups in total. The van der Waals surface area contributed by atoms with E-state index in [9.17, 15) is 0 Å². The molecule has 2 bridgehead atoms. The Balaban J connectivity index is 1.42. The number of morpholine rings is 1. The van der Waals surface area contributed by atoms with Crippen molar-refractivity contribution in [2.24, 2.45) is 5.92 Å². The van der Waals surface area contributed by atoms with Gasteiger partial charge in [-0.05, 0) is 24.8 Å². The van der Waals surface area contributed by atoms with Crippen LogP contribution in [0.25, 0.3) is 11.3 Å². The lowest BCUT2D eigenvalue weighted by Gasteiger charge is -2.56. The zero-order valence-electron chi connectivity index (χ0n) is 13.9. The van der Waals surface area contributed by atoms with Crippen molar-refractivity contribution in [3.05, 3.63) is 24.5 Å². The van der Waals surface area contributed by atoms with Crippen molar-refractivity contribution in [3.8, 4) is 11.3 Å². The smallest absolute Gasteiger partial charge is 0.219 e. The number of nitrogens with zero attached hydrogens (tertiary/aromatic N) is 5. The lowest BCUT2D eigenvalue weighted by Crippen LogP contribution is -2.70. The van der Waals surface area contributed by atoms with Crippen LogP contribution in [0.1, 0.15) is 12.8 Å². The summed E-state index contributed by atoms with van der Waals surface area (Å²) >= 11 is 0. The zero-order valence-corrected chi connectivity index (χ0v) is 13.9. The van der Waals surface area contributed by atoms with E-state index in [2.05, 4.69) is 31.9 Å². The van der Waals surface area contributed by atoms with Gasteiger partial charge in [-0.15, -0.1) is 0 Å². The number of anilines is 3. The summed E-state index contributed by atoms with van der Waals surface area (Å²) in [6, 6.07) is 5.59. The Hall–Kier alpha value is -2.41. The van der Waals surface area contributed by atoms with Crippen molar-refractivity contribution < 1.29 is 4.74 Å². The van der Waals surface area contributed by atoms with Gasteiger partial charge in [0.25, 0.3) is 0 Å². The van der Waals surface area contributed by atoms with Crippen molar-refractivity contribution in [1.82, 2.24) is 15.0 Å². The van der Waals surface area contributed by atoms with Crippen LogP contribution in [0, 0.1) is 5.92 Å². The third kappa shape index (κ3) is 1.99. The molecule has 7 rings (SSSR count). The maximum Gasteiger partial charge on any atom is 0.219 e. The number of fused-ring (bicyclic) bond motifs is 2. The van der Waals surface area contributed by atoms with Gasteiger partial charge >= 0.3 is 0 Å². The van der Waals surface area contributed by atoms with Crippen molar-refractivity contribution in [2.45, 2.75) is 31.0 Å². The number of ether oxygens (including phenoxy) is 1. The van der Waals surface area contributed by atoms with E-state index in [-0.39, 0.29) is 5.95 Å². The summed E-state index contributed by atoms with van der Waals surface area (Å²) in [4.78, 5) is 18.1. The molecule has 2 aromatic rings.